The molecule has 2 rings (SSSR count). The van der Waals surface area contributed by atoms with E-state index in [1.165, 1.54) is 0 Å². The second-order valence-corrected chi connectivity index (χ2v) is 5.17. The molecule has 0 unspecified atom stereocenters. The van der Waals surface area contributed by atoms with Crippen LogP contribution in [0, 0.1) is 11.3 Å². The zero-order valence-corrected chi connectivity index (χ0v) is 12.5. The number of likely N-dealkylation sites (tertiary alicyclic amines) is 1. The first-order valence-electron chi connectivity index (χ1n) is 7.24. The number of carbonyl (C=O) groups is 2. The van der Waals surface area contributed by atoms with E-state index in [0.717, 1.165) is 0 Å². The summed E-state index contributed by atoms with van der Waals surface area (Å²) >= 11 is 0. The Morgan fingerprint density at radius 2 is 2.05 bits per heavy atom. The highest BCUT2D eigenvalue weighted by Crippen LogP contribution is 2.21. The van der Waals surface area contributed by atoms with Crippen LogP contribution in [0.2, 0.25) is 0 Å². The second-order valence-electron chi connectivity index (χ2n) is 5.17. The number of carbonyl (C=O) groups excluding carboxylic acids is 2. The van der Waals surface area contributed by atoms with Gasteiger partial charge >= 0.3 is 0 Å². The maximum absolute atomic E-state index is 12.5. The Morgan fingerprint density at radius 1 is 1.36 bits per heavy atom. The quantitative estimate of drug-likeness (QED) is 0.909. The molecule has 0 aromatic heterocycles. The Balaban J connectivity index is 1.93. The number of nitrogens with zero attached hydrogens (tertiary/aromatic N) is 2. The molecule has 0 bridgehead atoms. The van der Waals surface area contributed by atoms with Crippen molar-refractivity contribution in [2.45, 2.75) is 25.3 Å². The average Bonchev–Trinajstić information content (AvgIpc) is 2.55. The van der Waals surface area contributed by atoms with Crippen LogP contribution in [0.5, 0.6) is 5.75 Å². The van der Waals surface area contributed by atoms with Gasteiger partial charge in [0, 0.05) is 19.1 Å². The molecule has 0 spiro atoms. The average molecular weight is 301 g/mol. The Labute approximate surface area is 129 Å². The molecular weight excluding hydrogens is 282 g/mol. The van der Waals surface area contributed by atoms with E-state index in [-0.39, 0.29) is 24.3 Å². The minimum absolute atomic E-state index is 0.0302. The highest BCUT2D eigenvalue weighted by Gasteiger charge is 2.25. The third-order valence-corrected chi connectivity index (χ3v) is 3.72. The van der Waals surface area contributed by atoms with Gasteiger partial charge in [0.2, 0.25) is 5.91 Å². The second kappa shape index (κ2) is 7.46. The molecule has 1 fully saturated rings. The summed E-state index contributed by atoms with van der Waals surface area (Å²) in [4.78, 5) is 25.7. The summed E-state index contributed by atoms with van der Waals surface area (Å²) in [6.45, 7) is 1.16. The van der Waals surface area contributed by atoms with Gasteiger partial charge in [-0.15, -0.1) is 0 Å². The number of hydrogen-bond acceptors (Lipinski definition) is 4. The molecule has 6 heteroatoms. The number of nitriles is 1. The van der Waals surface area contributed by atoms with Crippen molar-refractivity contribution in [1.82, 2.24) is 10.2 Å². The molecule has 0 atom stereocenters. The number of ether oxygens (including phenoxy) is 1. The van der Waals surface area contributed by atoms with Crippen LogP contribution < -0.4 is 10.1 Å². The molecule has 1 aliphatic heterocycles. The summed E-state index contributed by atoms with van der Waals surface area (Å²) < 4.78 is 5.22. The Hall–Kier alpha value is -2.55. The number of amides is 2. The maximum atomic E-state index is 12.5. The van der Waals surface area contributed by atoms with Crippen LogP contribution >= 0.6 is 0 Å². The molecule has 1 N–H and O–H groups in total. The van der Waals surface area contributed by atoms with Gasteiger partial charge < -0.3 is 15.0 Å². The lowest BCUT2D eigenvalue weighted by molar-refractivity contribution is -0.121. The first-order valence-corrected chi connectivity index (χ1v) is 7.24. The number of benzene rings is 1. The maximum Gasteiger partial charge on any atom is 0.257 e. The molecule has 1 aromatic carbocycles. The number of hydrogen-bond donors (Lipinski definition) is 1. The van der Waals surface area contributed by atoms with Crippen molar-refractivity contribution in [1.29, 1.82) is 5.26 Å². The summed E-state index contributed by atoms with van der Waals surface area (Å²) in [6.07, 6.45) is 1.26. The summed E-state index contributed by atoms with van der Waals surface area (Å²) in [5.41, 5.74) is 0.553. The number of rotatable bonds is 4. The van der Waals surface area contributed by atoms with Gasteiger partial charge in [0.25, 0.3) is 5.91 Å². The molecule has 0 radical (unpaired) electrons. The smallest absolute Gasteiger partial charge is 0.257 e. The highest BCUT2D eigenvalue weighted by atomic mass is 16.5. The number of para-hydroxylation sites is 1. The fourth-order valence-corrected chi connectivity index (χ4v) is 2.57. The summed E-state index contributed by atoms with van der Waals surface area (Å²) in [5.74, 6) is 0.258. The third kappa shape index (κ3) is 3.76. The van der Waals surface area contributed by atoms with Crippen molar-refractivity contribution in [2.24, 2.45) is 0 Å². The molecule has 0 aliphatic carbocycles. The molecule has 2 amide bonds. The van der Waals surface area contributed by atoms with Gasteiger partial charge in [-0.1, -0.05) is 12.1 Å². The Kier molecular flexibility index (Phi) is 5.37. The Morgan fingerprint density at radius 3 is 2.68 bits per heavy atom. The van der Waals surface area contributed by atoms with Gasteiger partial charge in [0.1, 0.15) is 12.2 Å². The lowest BCUT2D eigenvalue weighted by Crippen LogP contribution is -2.46. The van der Waals surface area contributed by atoms with Crippen molar-refractivity contribution >= 4 is 11.8 Å². The zero-order chi connectivity index (χ0) is 15.9. The van der Waals surface area contributed by atoms with Gasteiger partial charge in [-0.05, 0) is 25.0 Å². The molecule has 1 aromatic rings. The number of methoxy groups -OCH3 is 1. The topological polar surface area (TPSA) is 82.4 Å². The van der Waals surface area contributed by atoms with Crippen LogP contribution in [0.4, 0.5) is 0 Å². The predicted molar refractivity (Wildman–Crippen MR) is 80.3 cm³/mol. The van der Waals surface area contributed by atoms with Crippen molar-refractivity contribution in [3.05, 3.63) is 29.8 Å². The third-order valence-electron chi connectivity index (χ3n) is 3.72. The minimum atomic E-state index is -0.253. The van der Waals surface area contributed by atoms with E-state index in [2.05, 4.69) is 5.32 Å². The van der Waals surface area contributed by atoms with Crippen molar-refractivity contribution in [3.63, 3.8) is 0 Å². The van der Waals surface area contributed by atoms with E-state index < -0.39 is 0 Å². The van der Waals surface area contributed by atoms with Crippen LogP contribution in [0.1, 0.15) is 29.6 Å². The fourth-order valence-electron chi connectivity index (χ4n) is 2.57. The van der Waals surface area contributed by atoms with E-state index >= 15 is 0 Å². The van der Waals surface area contributed by atoms with Crippen LogP contribution in [-0.2, 0) is 4.79 Å². The molecule has 1 aliphatic rings. The van der Waals surface area contributed by atoms with E-state index in [1.54, 1.807) is 24.1 Å². The molecule has 1 heterocycles. The molecule has 22 heavy (non-hydrogen) atoms. The molecule has 1 saturated heterocycles. The minimum Gasteiger partial charge on any atom is -0.496 e. The van der Waals surface area contributed by atoms with Crippen molar-refractivity contribution < 1.29 is 14.3 Å². The highest BCUT2D eigenvalue weighted by molar-refractivity contribution is 5.97. The summed E-state index contributed by atoms with van der Waals surface area (Å²) in [7, 11) is 1.54. The standard InChI is InChI=1S/C16H19N3O3/c1-22-14-5-3-2-4-13(14)16(21)19-10-7-12(8-11-19)18-15(20)6-9-17/h2-5,12H,6-8,10-11H2,1H3,(H,18,20). The molecule has 6 nitrogen and oxygen atoms in total. The first kappa shape index (κ1) is 15.8. The largest absolute Gasteiger partial charge is 0.496 e. The van der Waals surface area contributed by atoms with Crippen molar-refractivity contribution in [2.75, 3.05) is 20.2 Å². The fraction of sp³-hybridized carbons (Fsp3) is 0.438. The van der Waals surface area contributed by atoms with Crippen LogP contribution in [0.25, 0.3) is 0 Å². The lowest BCUT2D eigenvalue weighted by atomic mass is 10.0. The van der Waals surface area contributed by atoms with Crippen LogP contribution in [0.15, 0.2) is 24.3 Å². The molecule has 0 saturated carbocycles. The Bertz CT molecular complexity index is 587. The van der Waals surface area contributed by atoms with E-state index in [0.29, 0.717) is 37.2 Å². The van der Waals surface area contributed by atoms with Crippen molar-refractivity contribution in [3.8, 4) is 11.8 Å². The zero-order valence-electron chi connectivity index (χ0n) is 12.5. The van der Waals surface area contributed by atoms with Crippen LogP contribution in [0.3, 0.4) is 0 Å². The van der Waals surface area contributed by atoms with Gasteiger partial charge in [-0.2, -0.15) is 5.26 Å². The monoisotopic (exact) mass is 301 g/mol. The van der Waals surface area contributed by atoms with Gasteiger partial charge in [0.15, 0.2) is 0 Å². The van der Waals surface area contributed by atoms with Gasteiger partial charge in [-0.3, -0.25) is 9.59 Å². The SMILES string of the molecule is COc1ccccc1C(=O)N1CCC(NC(=O)CC#N)CC1. The van der Waals surface area contributed by atoms with Gasteiger partial charge in [0.05, 0.1) is 18.7 Å². The normalized spacial score (nSPS) is 15.0. The first-order chi connectivity index (χ1) is 10.7. The van der Waals surface area contributed by atoms with Gasteiger partial charge in [-0.25, -0.2) is 0 Å². The van der Waals surface area contributed by atoms with Crippen LogP contribution in [-0.4, -0.2) is 43.0 Å². The summed E-state index contributed by atoms with van der Waals surface area (Å²) in [6, 6.07) is 9.01. The number of nitrogens with one attached hydrogen (secondary N) is 1. The van der Waals surface area contributed by atoms with E-state index in [4.69, 9.17) is 10.00 Å². The predicted octanol–water partition coefficient (Wildman–Crippen LogP) is 1.33. The number of piperidine rings is 1. The lowest BCUT2D eigenvalue weighted by Gasteiger charge is -2.32. The van der Waals surface area contributed by atoms with E-state index in [1.807, 2.05) is 18.2 Å². The van der Waals surface area contributed by atoms with E-state index in [9.17, 15) is 9.59 Å². The molecule has 116 valence electrons. The molecular formula is C16H19N3O3. The summed E-state index contributed by atoms with van der Waals surface area (Å²) in [5, 5.41) is 11.3.